The first-order valence-electron chi connectivity index (χ1n) is 5.29. The number of hydrogen-bond donors (Lipinski definition) is 1. The van der Waals surface area contributed by atoms with E-state index in [-0.39, 0.29) is 6.61 Å². The molecule has 0 bridgehead atoms. The van der Waals surface area contributed by atoms with Crippen molar-refractivity contribution in [2.45, 2.75) is 25.7 Å². The summed E-state index contributed by atoms with van der Waals surface area (Å²) in [6.07, 6.45) is 1.58. The van der Waals surface area contributed by atoms with Crippen molar-refractivity contribution < 1.29 is 9.50 Å². The maximum Gasteiger partial charge on any atom is 0.114 e. The Labute approximate surface area is 98.9 Å². The van der Waals surface area contributed by atoms with Crippen molar-refractivity contribution in [2.24, 2.45) is 0 Å². The van der Waals surface area contributed by atoms with Gasteiger partial charge in [0.15, 0.2) is 0 Å². The second-order valence-corrected chi connectivity index (χ2v) is 4.46. The van der Waals surface area contributed by atoms with Gasteiger partial charge in [0.05, 0.1) is 17.3 Å². The lowest BCUT2D eigenvalue weighted by Gasteiger charge is -2.14. The predicted molar refractivity (Wildman–Crippen MR) is 60.0 cm³/mol. The van der Waals surface area contributed by atoms with Crippen molar-refractivity contribution in [1.29, 1.82) is 0 Å². The molecule has 0 aromatic carbocycles. The molecule has 1 saturated heterocycles. The number of pyridine rings is 1. The summed E-state index contributed by atoms with van der Waals surface area (Å²) in [5, 5.41) is 9.39. The summed E-state index contributed by atoms with van der Waals surface area (Å²) in [7, 11) is 0. The zero-order chi connectivity index (χ0) is 11.5. The van der Waals surface area contributed by atoms with Crippen molar-refractivity contribution in [3.05, 3.63) is 28.5 Å². The summed E-state index contributed by atoms with van der Waals surface area (Å²) in [6.45, 7) is 1.77. The van der Waals surface area contributed by atoms with E-state index < -0.39 is 6.17 Å². The molecular weight excluding hydrogens is 231 g/mol. The van der Waals surface area contributed by atoms with Gasteiger partial charge in [-0.3, -0.25) is 9.88 Å². The highest BCUT2D eigenvalue weighted by molar-refractivity contribution is 6.31. The Morgan fingerprint density at radius 1 is 1.62 bits per heavy atom. The smallest absolute Gasteiger partial charge is 0.114 e. The minimum absolute atomic E-state index is 0.157. The first-order valence-corrected chi connectivity index (χ1v) is 5.67. The van der Waals surface area contributed by atoms with E-state index in [9.17, 15) is 4.39 Å². The third kappa shape index (κ3) is 2.70. The van der Waals surface area contributed by atoms with E-state index in [1.807, 2.05) is 4.90 Å². The van der Waals surface area contributed by atoms with Crippen molar-refractivity contribution in [3.63, 3.8) is 0 Å². The summed E-state index contributed by atoms with van der Waals surface area (Å²) < 4.78 is 13.0. The number of halogens is 2. The highest BCUT2D eigenvalue weighted by atomic mass is 35.5. The monoisotopic (exact) mass is 244 g/mol. The zero-order valence-corrected chi connectivity index (χ0v) is 9.62. The first kappa shape index (κ1) is 11.8. The molecule has 0 spiro atoms. The van der Waals surface area contributed by atoms with E-state index in [1.165, 1.54) is 0 Å². The van der Waals surface area contributed by atoms with Gasteiger partial charge in [-0.05, 0) is 18.1 Å². The average Bonchev–Trinajstić information content (AvgIpc) is 2.64. The van der Waals surface area contributed by atoms with Crippen LogP contribution in [0, 0.1) is 0 Å². The average molecular weight is 245 g/mol. The van der Waals surface area contributed by atoms with Crippen LogP contribution in [0.3, 0.4) is 0 Å². The SMILES string of the molecule is OCc1ncc(CN2CC[C@H](F)C2)cc1Cl. The highest BCUT2D eigenvalue weighted by Gasteiger charge is 2.21. The molecule has 5 heteroatoms. The lowest BCUT2D eigenvalue weighted by atomic mass is 10.2. The molecule has 1 aliphatic heterocycles. The number of alkyl halides is 1. The van der Waals surface area contributed by atoms with Crippen LogP contribution in [-0.4, -0.2) is 34.3 Å². The lowest BCUT2D eigenvalue weighted by Crippen LogP contribution is -2.20. The van der Waals surface area contributed by atoms with Gasteiger partial charge in [0, 0.05) is 25.8 Å². The summed E-state index contributed by atoms with van der Waals surface area (Å²) in [5.41, 5.74) is 1.44. The van der Waals surface area contributed by atoms with Crippen molar-refractivity contribution in [3.8, 4) is 0 Å². The molecule has 0 amide bonds. The van der Waals surface area contributed by atoms with Crippen LogP contribution in [0.5, 0.6) is 0 Å². The highest BCUT2D eigenvalue weighted by Crippen LogP contribution is 2.19. The summed E-state index contributed by atoms with van der Waals surface area (Å²) in [6, 6.07) is 1.78. The predicted octanol–water partition coefficient (Wildman–Crippen LogP) is 1.77. The topological polar surface area (TPSA) is 36.4 Å². The van der Waals surface area contributed by atoms with Gasteiger partial charge < -0.3 is 5.11 Å². The maximum atomic E-state index is 13.0. The molecule has 1 N–H and O–H groups in total. The molecule has 1 atom stereocenters. The Bertz CT molecular complexity index is 375. The Hall–Kier alpha value is -0.710. The molecule has 1 aromatic rings. The Morgan fingerprint density at radius 2 is 2.44 bits per heavy atom. The molecular formula is C11H14ClFN2O. The molecule has 0 unspecified atom stereocenters. The van der Waals surface area contributed by atoms with Gasteiger partial charge in [-0.1, -0.05) is 11.6 Å². The largest absolute Gasteiger partial charge is 0.390 e. The van der Waals surface area contributed by atoms with E-state index in [0.29, 0.717) is 30.2 Å². The Kier molecular flexibility index (Phi) is 3.74. The number of hydrogen-bond acceptors (Lipinski definition) is 3. The van der Waals surface area contributed by atoms with Crippen LogP contribution in [0.15, 0.2) is 12.3 Å². The van der Waals surface area contributed by atoms with Gasteiger partial charge in [-0.25, -0.2) is 4.39 Å². The number of nitrogens with zero attached hydrogens (tertiary/aromatic N) is 2. The molecule has 2 heterocycles. The minimum atomic E-state index is -0.708. The van der Waals surface area contributed by atoms with Crippen LogP contribution in [-0.2, 0) is 13.2 Å². The number of rotatable bonds is 3. The summed E-state index contributed by atoms with van der Waals surface area (Å²) in [5.74, 6) is 0. The van der Waals surface area contributed by atoms with Crippen LogP contribution in [0.25, 0.3) is 0 Å². The van der Waals surface area contributed by atoms with Crippen molar-refractivity contribution in [2.75, 3.05) is 13.1 Å². The van der Waals surface area contributed by atoms with Gasteiger partial charge in [-0.15, -0.1) is 0 Å². The van der Waals surface area contributed by atoms with E-state index in [1.54, 1.807) is 12.3 Å². The van der Waals surface area contributed by atoms with Gasteiger partial charge >= 0.3 is 0 Å². The number of likely N-dealkylation sites (tertiary alicyclic amines) is 1. The molecule has 1 aliphatic rings. The fourth-order valence-electron chi connectivity index (χ4n) is 1.90. The van der Waals surface area contributed by atoms with Crippen LogP contribution < -0.4 is 0 Å². The van der Waals surface area contributed by atoms with Gasteiger partial charge in [0.1, 0.15) is 6.17 Å². The molecule has 1 fully saturated rings. The third-order valence-corrected chi connectivity index (χ3v) is 3.07. The standard InChI is InChI=1S/C11H14ClFN2O/c12-10-3-8(4-14-11(10)7-16)5-15-2-1-9(13)6-15/h3-4,9,16H,1-2,5-7H2/t9-/m0/s1. The van der Waals surface area contributed by atoms with E-state index >= 15 is 0 Å². The minimum Gasteiger partial charge on any atom is -0.390 e. The maximum absolute atomic E-state index is 13.0. The fraction of sp³-hybridized carbons (Fsp3) is 0.545. The third-order valence-electron chi connectivity index (χ3n) is 2.74. The molecule has 2 rings (SSSR count). The van der Waals surface area contributed by atoms with Crippen LogP contribution >= 0.6 is 11.6 Å². The van der Waals surface area contributed by atoms with Crippen LogP contribution in [0.2, 0.25) is 5.02 Å². The second kappa shape index (κ2) is 5.08. The van der Waals surface area contributed by atoms with Crippen molar-refractivity contribution >= 4 is 11.6 Å². The van der Waals surface area contributed by atoms with Gasteiger partial charge in [-0.2, -0.15) is 0 Å². The molecule has 3 nitrogen and oxygen atoms in total. The normalized spacial score (nSPS) is 21.6. The number of aromatic nitrogens is 1. The molecule has 1 aromatic heterocycles. The zero-order valence-electron chi connectivity index (χ0n) is 8.87. The van der Waals surface area contributed by atoms with E-state index in [2.05, 4.69) is 4.98 Å². The molecule has 16 heavy (non-hydrogen) atoms. The van der Waals surface area contributed by atoms with E-state index in [0.717, 1.165) is 12.1 Å². The number of aliphatic hydroxyl groups is 1. The number of aliphatic hydroxyl groups excluding tert-OH is 1. The van der Waals surface area contributed by atoms with Gasteiger partial charge in [0.25, 0.3) is 0 Å². The lowest BCUT2D eigenvalue weighted by molar-refractivity contribution is 0.275. The van der Waals surface area contributed by atoms with Crippen LogP contribution in [0.4, 0.5) is 4.39 Å². The molecule has 0 radical (unpaired) electrons. The summed E-state index contributed by atoms with van der Waals surface area (Å²) >= 11 is 5.93. The molecule has 0 saturated carbocycles. The molecule has 0 aliphatic carbocycles. The molecule has 88 valence electrons. The quantitative estimate of drug-likeness (QED) is 0.881. The van der Waals surface area contributed by atoms with E-state index in [4.69, 9.17) is 16.7 Å². The fourth-order valence-corrected chi connectivity index (χ4v) is 2.14. The Morgan fingerprint density at radius 3 is 3.00 bits per heavy atom. The summed E-state index contributed by atoms with van der Waals surface area (Å²) in [4.78, 5) is 6.09. The van der Waals surface area contributed by atoms with Crippen LogP contribution in [0.1, 0.15) is 17.7 Å². The van der Waals surface area contributed by atoms with Crippen molar-refractivity contribution in [1.82, 2.24) is 9.88 Å². The van der Waals surface area contributed by atoms with Gasteiger partial charge in [0.2, 0.25) is 0 Å². The second-order valence-electron chi connectivity index (χ2n) is 4.05. The first-order chi connectivity index (χ1) is 7.69. The Balaban J connectivity index is 2.02.